The first kappa shape index (κ1) is 13.8. The molecule has 1 aliphatic carbocycles. The summed E-state index contributed by atoms with van der Waals surface area (Å²) in [5, 5.41) is 0. The predicted molar refractivity (Wildman–Crippen MR) is 80.2 cm³/mol. The van der Waals surface area contributed by atoms with E-state index in [1.807, 2.05) is 0 Å². The van der Waals surface area contributed by atoms with Crippen LogP contribution in [0.15, 0.2) is 0 Å². The van der Waals surface area contributed by atoms with Gasteiger partial charge in [0.1, 0.15) is 0 Å². The fourth-order valence-electron chi connectivity index (χ4n) is 4.90. The zero-order valence-corrected chi connectivity index (χ0v) is 12.6. The number of nitrogens with zero attached hydrogens (tertiary/aromatic N) is 2. The van der Waals surface area contributed by atoms with Crippen LogP contribution < -0.4 is 5.73 Å². The van der Waals surface area contributed by atoms with Crippen molar-refractivity contribution in [2.75, 3.05) is 39.8 Å². The first-order valence-electron chi connectivity index (χ1n) is 8.38. The normalized spacial score (nSPS) is 39.9. The SMILES string of the molecule is CN(CC1CCCCC1)C1(CN)CCN2CCC1C2. The highest BCUT2D eigenvalue weighted by molar-refractivity contribution is 5.04. The maximum absolute atomic E-state index is 6.27. The molecule has 2 aliphatic heterocycles. The molecule has 3 fully saturated rings. The van der Waals surface area contributed by atoms with Crippen molar-refractivity contribution in [3.63, 3.8) is 0 Å². The highest BCUT2D eigenvalue weighted by Crippen LogP contribution is 2.39. The number of rotatable bonds is 4. The van der Waals surface area contributed by atoms with Crippen molar-refractivity contribution in [2.45, 2.75) is 50.5 Å². The summed E-state index contributed by atoms with van der Waals surface area (Å²) in [4.78, 5) is 5.31. The first-order valence-corrected chi connectivity index (χ1v) is 8.38. The topological polar surface area (TPSA) is 32.5 Å². The van der Waals surface area contributed by atoms with Crippen molar-refractivity contribution >= 4 is 0 Å². The second kappa shape index (κ2) is 5.71. The Morgan fingerprint density at radius 2 is 1.95 bits per heavy atom. The lowest BCUT2D eigenvalue weighted by atomic mass is 9.76. The molecule has 19 heavy (non-hydrogen) atoms. The van der Waals surface area contributed by atoms with E-state index in [2.05, 4.69) is 16.8 Å². The monoisotopic (exact) mass is 265 g/mol. The number of nitrogens with two attached hydrogens (primary N) is 1. The van der Waals surface area contributed by atoms with Gasteiger partial charge in [-0.25, -0.2) is 0 Å². The molecule has 3 unspecified atom stereocenters. The van der Waals surface area contributed by atoms with E-state index in [1.54, 1.807) is 0 Å². The molecule has 0 aromatic carbocycles. The van der Waals surface area contributed by atoms with Crippen molar-refractivity contribution < 1.29 is 0 Å². The van der Waals surface area contributed by atoms with E-state index in [0.29, 0.717) is 5.54 Å². The molecule has 3 nitrogen and oxygen atoms in total. The van der Waals surface area contributed by atoms with E-state index >= 15 is 0 Å². The molecule has 2 saturated heterocycles. The number of fused-ring (bicyclic) bond motifs is 2. The van der Waals surface area contributed by atoms with Gasteiger partial charge in [0.25, 0.3) is 0 Å². The molecule has 3 aliphatic rings. The minimum atomic E-state index is 0.310. The van der Waals surface area contributed by atoms with Gasteiger partial charge in [-0.05, 0) is 57.7 Å². The molecular weight excluding hydrogens is 234 g/mol. The van der Waals surface area contributed by atoms with E-state index in [0.717, 1.165) is 18.4 Å². The van der Waals surface area contributed by atoms with Gasteiger partial charge in [0.2, 0.25) is 0 Å². The molecule has 110 valence electrons. The van der Waals surface area contributed by atoms with E-state index in [4.69, 9.17) is 5.73 Å². The molecular formula is C16H31N3. The van der Waals surface area contributed by atoms with Crippen LogP contribution >= 0.6 is 0 Å². The van der Waals surface area contributed by atoms with Crippen LogP contribution in [-0.2, 0) is 0 Å². The molecule has 3 rings (SSSR count). The third-order valence-electron chi connectivity index (χ3n) is 6.26. The highest BCUT2D eigenvalue weighted by Gasteiger charge is 2.47. The maximum Gasteiger partial charge on any atom is 0.0381 e. The van der Waals surface area contributed by atoms with Crippen LogP contribution in [0.25, 0.3) is 0 Å². The standard InChI is InChI=1S/C16H31N3/c1-18(11-14-5-3-2-4-6-14)16(13-17)8-10-19-9-7-15(16)12-19/h14-15H,2-13,17H2,1H3. The molecule has 0 aromatic rings. The second-order valence-corrected chi connectivity index (χ2v) is 7.23. The van der Waals surface area contributed by atoms with Gasteiger partial charge < -0.3 is 10.6 Å². The molecule has 1 saturated carbocycles. The Morgan fingerprint density at radius 3 is 2.68 bits per heavy atom. The Morgan fingerprint density at radius 1 is 1.16 bits per heavy atom. The van der Waals surface area contributed by atoms with Crippen LogP contribution in [0.4, 0.5) is 0 Å². The smallest absolute Gasteiger partial charge is 0.0381 e. The largest absolute Gasteiger partial charge is 0.329 e. The van der Waals surface area contributed by atoms with Crippen molar-refractivity contribution in [3.8, 4) is 0 Å². The Bertz CT molecular complexity index is 300. The molecule has 2 heterocycles. The van der Waals surface area contributed by atoms with Crippen molar-refractivity contribution in [3.05, 3.63) is 0 Å². The molecule has 0 radical (unpaired) electrons. The summed E-state index contributed by atoms with van der Waals surface area (Å²) in [5.41, 5.74) is 6.58. The van der Waals surface area contributed by atoms with Gasteiger partial charge in [0, 0.05) is 25.2 Å². The summed E-state index contributed by atoms with van der Waals surface area (Å²) in [6, 6.07) is 0. The Labute approximate surface area is 118 Å². The lowest BCUT2D eigenvalue weighted by Crippen LogP contribution is -2.61. The van der Waals surface area contributed by atoms with E-state index < -0.39 is 0 Å². The predicted octanol–water partition coefficient (Wildman–Crippen LogP) is 1.92. The zero-order valence-electron chi connectivity index (χ0n) is 12.6. The third-order valence-corrected chi connectivity index (χ3v) is 6.26. The summed E-state index contributed by atoms with van der Waals surface area (Å²) >= 11 is 0. The van der Waals surface area contributed by atoms with E-state index in [-0.39, 0.29) is 0 Å². The van der Waals surface area contributed by atoms with Crippen LogP contribution in [0.2, 0.25) is 0 Å². The molecule has 2 bridgehead atoms. The fraction of sp³-hybridized carbons (Fsp3) is 1.00. The van der Waals surface area contributed by atoms with E-state index in [9.17, 15) is 0 Å². The summed E-state index contributed by atoms with van der Waals surface area (Å²) in [6.45, 7) is 6.01. The molecule has 0 amide bonds. The molecule has 0 spiro atoms. The number of hydrogen-bond acceptors (Lipinski definition) is 3. The Balaban J connectivity index is 1.66. The second-order valence-electron chi connectivity index (χ2n) is 7.23. The van der Waals surface area contributed by atoms with Gasteiger partial charge >= 0.3 is 0 Å². The lowest BCUT2D eigenvalue weighted by molar-refractivity contribution is 0.0130. The average Bonchev–Trinajstić information content (AvgIpc) is 2.84. The van der Waals surface area contributed by atoms with Crippen LogP contribution in [0, 0.1) is 11.8 Å². The van der Waals surface area contributed by atoms with Gasteiger partial charge in [-0.2, -0.15) is 0 Å². The van der Waals surface area contributed by atoms with Crippen molar-refractivity contribution in [1.82, 2.24) is 9.80 Å². The molecule has 3 atom stereocenters. The number of piperidine rings is 1. The fourth-order valence-corrected chi connectivity index (χ4v) is 4.90. The van der Waals surface area contributed by atoms with Crippen molar-refractivity contribution in [2.24, 2.45) is 17.6 Å². The van der Waals surface area contributed by atoms with Crippen LogP contribution in [-0.4, -0.2) is 55.1 Å². The van der Waals surface area contributed by atoms with Gasteiger partial charge in [0.15, 0.2) is 0 Å². The molecule has 2 N–H and O–H groups in total. The lowest BCUT2D eigenvalue weighted by Gasteiger charge is -2.49. The first-order chi connectivity index (χ1) is 9.24. The molecule has 0 aromatic heterocycles. The summed E-state index contributed by atoms with van der Waals surface area (Å²) in [7, 11) is 2.36. The number of likely N-dealkylation sites (N-methyl/N-ethyl adjacent to an activating group) is 1. The minimum Gasteiger partial charge on any atom is -0.329 e. The van der Waals surface area contributed by atoms with Gasteiger partial charge in [0.05, 0.1) is 0 Å². The summed E-state index contributed by atoms with van der Waals surface area (Å²) in [6.07, 6.45) is 9.91. The van der Waals surface area contributed by atoms with Gasteiger partial charge in [-0.1, -0.05) is 19.3 Å². The highest BCUT2D eigenvalue weighted by atomic mass is 15.3. The Hall–Kier alpha value is -0.120. The minimum absolute atomic E-state index is 0.310. The van der Waals surface area contributed by atoms with Crippen molar-refractivity contribution in [1.29, 1.82) is 0 Å². The van der Waals surface area contributed by atoms with Gasteiger partial charge in [-0.15, -0.1) is 0 Å². The Kier molecular flexibility index (Phi) is 4.16. The summed E-state index contributed by atoms with van der Waals surface area (Å²) < 4.78 is 0. The van der Waals surface area contributed by atoms with Gasteiger partial charge in [-0.3, -0.25) is 4.90 Å². The summed E-state index contributed by atoms with van der Waals surface area (Å²) in [5.74, 6) is 1.75. The van der Waals surface area contributed by atoms with Crippen LogP contribution in [0.5, 0.6) is 0 Å². The number of hydrogen-bond donors (Lipinski definition) is 1. The quantitative estimate of drug-likeness (QED) is 0.843. The third kappa shape index (κ3) is 2.57. The maximum atomic E-state index is 6.27. The van der Waals surface area contributed by atoms with Crippen LogP contribution in [0.3, 0.4) is 0 Å². The average molecular weight is 265 g/mol. The zero-order chi connectivity index (χ0) is 13.3. The van der Waals surface area contributed by atoms with Crippen LogP contribution in [0.1, 0.15) is 44.9 Å². The van der Waals surface area contributed by atoms with E-state index in [1.165, 1.54) is 71.1 Å². The molecule has 3 heteroatoms.